The van der Waals surface area contributed by atoms with Gasteiger partial charge >= 0.3 is 0 Å². The Morgan fingerprint density at radius 3 is 2.50 bits per heavy atom. The van der Waals surface area contributed by atoms with Gasteiger partial charge in [0.05, 0.1) is 17.0 Å². The quantitative estimate of drug-likeness (QED) is 0.713. The molecule has 1 atom stereocenters. The number of hydrogen-bond acceptors (Lipinski definition) is 3. The van der Waals surface area contributed by atoms with Gasteiger partial charge in [0.1, 0.15) is 0 Å². The highest BCUT2D eigenvalue weighted by Crippen LogP contribution is 2.31. The summed E-state index contributed by atoms with van der Waals surface area (Å²) in [6.07, 6.45) is 2.46. The van der Waals surface area contributed by atoms with E-state index in [1.807, 2.05) is 6.92 Å². The van der Waals surface area contributed by atoms with Gasteiger partial charge in [-0.25, -0.2) is 8.42 Å². The van der Waals surface area contributed by atoms with Gasteiger partial charge in [0.2, 0.25) is 5.91 Å². The highest BCUT2D eigenvalue weighted by molar-refractivity contribution is 7.91. The van der Waals surface area contributed by atoms with Crippen molar-refractivity contribution in [3.63, 3.8) is 0 Å². The molecule has 2 fully saturated rings. The molecule has 4 nitrogen and oxygen atoms in total. The van der Waals surface area contributed by atoms with E-state index in [1.165, 1.54) is 0 Å². The van der Waals surface area contributed by atoms with Crippen LogP contribution in [-0.4, -0.2) is 31.4 Å². The number of nitrogens with one attached hydrogen (secondary N) is 1. The zero-order valence-electron chi connectivity index (χ0n) is 8.25. The van der Waals surface area contributed by atoms with E-state index in [2.05, 4.69) is 5.32 Å². The minimum absolute atomic E-state index is 0.0320. The first-order valence-corrected chi connectivity index (χ1v) is 6.75. The molecule has 0 aromatic carbocycles. The van der Waals surface area contributed by atoms with Crippen LogP contribution in [0.5, 0.6) is 0 Å². The Morgan fingerprint density at radius 1 is 1.43 bits per heavy atom. The normalized spacial score (nSPS) is 35.5. The number of amides is 1. The summed E-state index contributed by atoms with van der Waals surface area (Å²) < 4.78 is 22.5. The van der Waals surface area contributed by atoms with Crippen molar-refractivity contribution in [1.82, 2.24) is 5.32 Å². The fourth-order valence-electron chi connectivity index (χ4n) is 1.85. The summed E-state index contributed by atoms with van der Waals surface area (Å²) in [4.78, 5) is 11.5. The van der Waals surface area contributed by atoms with Crippen molar-refractivity contribution in [3.8, 4) is 0 Å². The highest BCUT2D eigenvalue weighted by atomic mass is 32.2. The molecule has 0 aromatic heterocycles. The van der Waals surface area contributed by atoms with Crippen LogP contribution in [0.3, 0.4) is 0 Å². The molecule has 1 amide bonds. The monoisotopic (exact) mass is 217 g/mol. The van der Waals surface area contributed by atoms with Crippen LogP contribution in [0.25, 0.3) is 0 Å². The van der Waals surface area contributed by atoms with E-state index in [-0.39, 0.29) is 23.3 Å². The van der Waals surface area contributed by atoms with Crippen LogP contribution in [0.4, 0.5) is 0 Å². The average Bonchev–Trinajstić information content (AvgIpc) is 2.79. The van der Waals surface area contributed by atoms with Gasteiger partial charge in [-0.15, -0.1) is 0 Å². The molecule has 0 bridgehead atoms. The molecule has 1 aliphatic carbocycles. The van der Waals surface area contributed by atoms with Crippen molar-refractivity contribution in [2.24, 2.45) is 5.92 Å². The first kappa shape index (κ1) is 9.96. The minimum atomic E-state index is -2.92. The molecule has 0 unspecified atom stereocenters. The summed E-state index contributed by atoms with van der Waals surface area (Å²) in [7, 11) is -2.92. The molecule has 1 saturated carbocycles. The molecule has 2 rings (SSSR count). The Hall–Kier alpha value is -0.580. The van der Waals surface area contributed by atoms with E-state index in [9.17, 15) is 13.2 Å². The van der Waals surface area contributed by atoms with E-state index < -0.39 is 15.4 Å². The molecule has 1 heterocycles. The Balaban J connectivity index is 2.00. The summed E-state index contributed by atoms with van der Waals surface area (Å²) >= 11 is 0. The third-order valence-electron chi connectivity index (χ3n) is 2.88. The lowest BCUT2D eigenvalue weighted by atomic mass is 10.0. The first-order valence-electron chi connectivity index (χ1n) is 4.93. The van der Waals surface area contributed by atoms with Crippen molar-refractivity contribution in [2.45, 2.75) is 31.7 Å². The predicted molar refractivity (Wildman–Crippen MR) is 52.5 cm³/mol. The molecular weight excluding hydrogens is 202 g/mol. The maximum atomic E-state index is 11.5. The van der Waals surface area contributed by atoms with Crippen LogP contribution >= 0.6 is 0 Å². The number of hydrogen-bond donors (Lipinski definition) is 1. The van der Waals surface area contributed by atoms with E-state index >= 15 is 0 Å². The average molecular weight is 217 g/mol. The molecule has 5 heteroatoms. The lowest BCUT2D eigenvalue weighted by Gasteiger charge is -2.23. The molecule has 2 aliphatic rings. The van der Waals surface area contributed by atoms with Gasteiger partial charge in [0, 0.05) is 5.92 Å². The summed E-state index contributed by atoms with van der Waals surface area (Å²) in [5.74, 6) is 0.479. The van der Waals surface area contributed by atoms with Gasteiger partial charge in [-0.3, -0.25) is 4.79 Å². The van der Waals surface area contributed by atoms with Crippen LogP contribution in [0, 0.1) is 5.92 Å². The number of rotatable bonds is 2. The van der Waals surface area contributed by atoms with E-state index in [1.54, 1.807) is 0 Å². The Morgan fingerprint density at radius 2 is 2.07 bits per heavy atom. The highest BCUT2D eigenvalue weighted by Gasteiger charge is 2.41. The largest absolute Gasteiger partial charge is 0.350 e. The third-order valence-corrected chi connectivity index (χ3v) is 4.78. The fraction of sp³-hybridized carbons (Fsp3) is 0.889. The smallest absolute Gasteiger partial charge is 0.223 e. The van der Waals surface area contributed by atoms with Crippen LogP contribution < -0.4 is 5.32 Å². The molecule has 0 aromatic rings. The molecule has 0 spiro atoms. The second-order valence-corrected chi connectivity index (χ2v) is 6.85. The summed E-state index contributed by atoms with van der Waals surface area (Å²) in [5, 5.41) is 2.85. The Labute approximate surface area is 84.0 Å². The van der Waals surface area contributed by atoms with Crippen LogP contribution in [-0.2, 0) is 14.6 Å². The summed E-state index contributed by atoms with van der Waals surface area (Å²) in [5.41, 5.74) is -0.515. The fourth-order valence-corrected chi connectivity index (χ4v) is 3.95. The topological polar surface area (TPSA) is 63.2 Å². The molecule has 1 N–H and O–H groups in total. The maximum absolute atomic E-state index is 11.5. The second-order valence-electron chi connectivity index (χ2n) is 4.67. The summed E-state index contributed by atoms with van der Waals surface area (Å²) in [6.45, 7) is 1.82. The van der Waals surface area contributed by atoms with Crippen LogP contribution in [0.1, 0.15) is 26.2 Å². The van der Waals surface area contributed by atoms with Gasteiger partial charge in [-0.05, 0) is 26.2 Å². The minimum Gasteiger partial charge on any atom is -0.350 e. The molecular formula is C9H15NO3S. The van der Waals surface area contributed by atoms with E-state index in [0.29, 0.717) is 6.42 Å². The standard InChI is InChI=1S/C9H15NO3S/c1-9(4-5-14(12,13)6-9)10-8(11)7-2-3-7/h7H,2-6H2,1H3,(H,10,11)/t9-/m0/s1. The number of carbonyl (C=O) groups excluding carboxylic acids is 1. The van der Waals surface area contributed by atoms with Crippen molar-refractivity contribution in [1.29, 1.82) is 0 Å². The second kappa shape index (κ2) is 2.95. The maximum Gasteiger partial charge on any atom is 0.223 e. The number of sulfone groups is 1. The van der Waals surface area contributed by atoms with Gasteiger partial charge in [-0.2, -0.15) is 0 Å². The van der Waals surface area contributed by atoms with Gasteiger partial charge in [0.25, 0.3) is 0 Å². The van der Waals surface area contributed by atoms with Gasteiger partial charge < -0.3 is 5.32 Å². The van der Waals surface area contributed by atoms with E-state index in [0.717, 1.165) is 12.8 Å². The Kier molecular flexibility index (Phi) is 2.10. The molecule has 1 aliphatic heterocycles. The molecule has 80 valence electrons. The zero-order valence-corrected chi connectivity index (χ0v) is 9.06. The van der Waals surface area contributed by atoms with Crippen molar-refractivity contribution >= 4 is 15.7 Å². The van der Waals surface area contributed by atoms with Gasteiger partial charge in [-0.1, -0.05) is 0 Å². The predicted octanol–water partition coefficient (Wildman–Crippen LogP) is 0.0898. The SMILES string of the molecule is C[C@]1(NC(=O)C2CC2)CCS(=O)(=O)C1. The first-order chi connectivity index (χ1) is 6.40. The van der Waals surface area contributed by atoms with Crippen molar-refractivity contribution < 1.29 is 13.2 Å². The van der Waals surface area contributed by atoms with E-state index in [4.69, 9.17) is 0 Å². The summed E-state index contributed by atoms with van der Waals surface area (Å²) in [6, 6.07) is 0. The lowest BCUT2D eigenvalue weighted by Crippen LogP contribution is -2.47. The van der Waals surface area contributed by atoms with Crippen LogP contribution in [0.15, 0.2) is 0 Å². The molecule has 14 heavy (non-hydrogen) atoms. The molecule has 1 saturated heterocycles. The van der Waals surface area contributed by atoms with Crippen molar-refractivity contribution in [3.05, 3.63) is 0 Å². The zero-order chi connectivity index (χ0) is 10.4. The number of carbonyl (C=O) groups is 1. The van der Waals surface area contributed by atoms with Crippen molar-refractivity contribution in [2.75, 3.05) is 11.5 Å². The van der Waals surface area contributed by atoms with Gasteiger partial charge in [0.15, 0.2) is 9.84 Å². The Bertz CT molecular complexity index is 358. The molecule has 0 radical (unpaired) electrons. The lowest BCUT2D eigenvalue weighted by molar-refractivity contribution is -0.123. The third kappa shape index (κ3) is 2.08. The van der Waals surface area contributed by atoms with Crippen LogP contribution in [0.2, 0.25) is 0 Å².